The Hall–Kier alpha value is -1.34. The van der Waals surface area contributed by atoms with Crippen molar-refractivity contribution in [1.29, 1.82) is 0 Å². The molecule has 6 nitrogen and oxygen atoms in total. The lowest BCUT2D eigenvalue weighted by Gasteiger charge is -2.07. The van der Waals surface area contributed by atoms with E-state index in [1.807, 2.05) is 0 Å². The Kier molecular flexibility index (Phi) is 4.08. The zero-order chi connectivity index (χ0) is 12.3. The molecular formula is C8H6BrClN2O4. The molecule has 0 aromatic heterocycles. The van der Waals surface area contributed by atoms with Gasteiger partial charge in [-0.3, -0.25) is 10.1 Å². The van der Waals surface area contributed by atoms with Crippen molar-refractivity contribution in [1.82, 2.24) is 5.32 Å². The van der Waals surface area contributed by atoms with E-state index in [4.69, 9.17) is 16.3 Å². The molecule has 1 N–H and O–H groups in total. The Bertz CT molecular complexity index is 429. The van der Waals surface area contributed by atoms with Crippen LogP contribution in [0, 0.1) is 10.1 Å². The van der Waals surface area contributed by atoms with Gasteiger partial charge in [-0.2, -0.15) is 0 Å². The molecule has 16 heavy (non-hydrogen) atoms. The van der Waals surface area contributed by atoms with Crippen molar-refractivity contribution in [2.45, 2.75) is 0 Å². The fourth-order valence-electron chi connectivity index (χ4n) is 0.893. The highest BCUT2D eigenvalue weighted by Crippen LogP contribution is 2.36. The average Bonchev–Trinajstić information content (AvgIpc) is 2.22. The van der Waals surface area contributed by atoms with Crippen LogP contribution in [0.15, 0.2) is 16.6 Å². The maximum absolute atomic E-state index is 11.0. The first-order chi connectivity index (χ1) is 7.45. The van der Waals surface area contributed by atoms with Gasteiger partial charge in [0.05, 0.1) is 14.4 Å². The van der Waals surface area contributed by atoms with E-state index >= 15 is 0 Å². The molecule has 1 amide bonds. The van der Waals surface area contributed by atoms with Crippen molar-refractivity contribution in [3.63, 3.8) is 0 Å². The van der Waals surface area contributed by atoms with Crippen LogP contribution in [0.4, 0.5) is 10.5 Å². The number of halogens is 2. The smallest absolute Gasteiger partial charge is 0.408 e. The van der Waals surface area contributed by atoms with Crippen LogP contribution < -0.4 is 10.1 Å². The third-order valence-electron chi connectivity index (χ3n) is 1.59. The monoisotopic (exact) mass is 308 g/mol. The minimum Gasteiger partial charge on any atom is -0.408 e. The molecule has 0 unspecified atom stereocenters. The third-order valence-corrected chi connectivity index (χ3v) is 2.46. The SMILES string of the molecule is CNC(=O)Oc1c(Cl)cc([N+](=O)[O-])cc1Br. The van der Waals surface area contributed by atoms with Gasteiger partial charge < -0.3 is 10.1 Å². The highest BCUT2D eigenvalue weighted by Gasteiger charge is 2.17. The second-order valence-corrected chi connectivity index (χ2v) is 3.90. The predicted octanol–water partition coefficient (Wildman–Crippen LogP) is 2.73. The van der Waals surface area contributed by atoms with Gasteiger partial charge in [-0.1, -0.05) is 11.6 Å². The molecule has 0 saturated heterocycles. The molecule has 0 atom stereocenters. The maximum atomic E-state index is 11.0. The van der Waals surface area contributed by atoms with Gasteiger partial charge in [-0.15, -0.1) is 0 Å². The van der Waals surface area contributed by atoms with Crippen LogP contribution in [0.1, 0.15) is 0 Å². The van der Waals surface area contributed by atoms with Gasteiger partial charge >= 0.3 is 6.09 Å². The minimum atomic E-state index is -0.712. The first-order valence-electron chi connectivity index (χ1n) is 3.98. The molecule has 0 radical (unpaired) electrons. The fraction of sp³-hybridized carbons (Fsp3) is 0.125. The molecule has 0 fully saturated rings. The van der Waals surface area contributed by atoms with Crippen molar-refractivity contribution in [3.05, 3.63) is 31.7 Å². The van der Waals surface area contributed by atoms with Crippen LogP contribution in [-0.2, 0) is 0 Å². The summed E-state index contributed by atoms with van der Waals surface area (Å²) in [6, 6.07) is 2.30. The Morgan fingerprint density at radius 1 is 1.62 bits per heavy atom. The van der Waals surface area contributed by atoms with Crippen molar-refractivity contribution >= 4 is 39.3 Å². The standard InChI is InChI=1S/C8H6BrClN2O4/c1-11-8(13)16-7-5(9)2-4(12(14)15)3-6(7)10/h2-3H,1H3,(H,11,13). The highest BCUT2D eigenvalue weighted by molar-refractivity contribution is 9.10. The zero-order valence-corrected chi connectivity index (χ0v) is 10.3. The summed E-state index contributed by atoms with van der Waals surface area (Å²) < 4.78 is 5.04. The molecule has 0 aliphatic heterocycles. The number of non-ortho nitro benzene ring substituents is 1. The molecule has 0 aliphatic carbocycles. The number of rotatable bonds is 2. The molecule has 1 rings (SSSR count). The van der Waals surface area contributed by atoms with Crippen LogP contribution in [-0.4, -0.2) is 18.1 Å². The van der Waals surface area contributed by atoms with Crippen LogP contribution in [0.3, 0.4) is 0 Å². The lowest BCUT2D eigenvalue weighted by Crippen LogP contribution is -2.22. The van der Waals surface area contributed by atoms with E-state index in [1.165, 1.54) is 13.1 Å². The maximum Gasteiger partial charge on any atom is 0.412 e. The number of hydrogen-bond acceptors (Lipinski definition) is 4. The lowest BCUT2D eigenvalue weighted by molar-refractivity contribution is -0.384. The summed E-state index contributed by atoms with van der Waals surface area (Å²) in [7, 11) is 1.38. The zero-order valence-electron chi connectivity index (χ0n) is 7.99. The molecule has 0 bridgehead atoms. The lowest BCUT2D eigenvalue weighted by atomic mass is 10.3. The molecule has 86 valence electrons. The number of benzene rings is 1. The largest absolute Gasteiger partial charge is 0.412 e. The van der Waals surface area contributed by atoms with E-state index in [9.17, 15) is 14.9 Å². The van der Waals surface area contributed by atoms with Gasteiger partial charge in [0.1, 0.15) is 0 Å². The Labute approximate surface area is 104 Å². The number of ether oxygens (including phenoxy) is 1. The van der Waals surface area contributed by atoms with Gasteiger partial charge in [-0.05, 0) is 15.9 Å². The van der Waals surface area contributed by atoms with Crippen molar-refractivity contribution in [3.8, 4) is 5.75 Å². The van der Waals surface area contributed by atoms with Crippen molar-refractivity contribution in [2.24, 2.45) is 0 Å². The van der Waals surface area contributed by atoms with Crippen LogP contribution in [0.25, 0.3) is 0 Å². The number of nitrogens with zero attached hydrogens (tertiary/aromatic N) is 1. The number of carbonyl (C=O) groups is 1. The van der Waals surface area contributed by atoms with Crippen LogP contribution in [0.2, 0.25) is 5.02 Å². The summed E-state index contributed by atoms with van der Waals surface area (Å²) in [4.78, 5) is 20.9. The molecule has 0 aliphatic rings. The average molecular weight is 310 g/mol. The van der Waals surface area contributed by atoms with Crippen LogP contribution in [0.5, 0.6) is 5.75 Å². The number of carbonyl (C=O) groups excluding carboxylic acids is 1. The molecular weight excluding hydrogens is 303 g/mol. The summed E-state index contributed by atoms with van der Waals surface area (Å²) >= 11 is 8.77. The van der Waals surface area contributed by atoms with Gasteiger partial charge in [0.2, 0.25) is 0 Å². The first-order valence-corrected chi connectivity index (χ1v) is 5.15. The third kappa shape index (κ3) is 2.83. The van der Waals surface area contributed by atoms with Crippen molar-refractivity contribution in [2.75, 3.05) is 7.05 Å². The molecule has 1 aromatic carbocycles. The van der Waals surface area contributed by atoms with Gasteiger partial charge in [-0.25, -0.2) is 4.79 Å². The molecule has 8 heteroatoms. The summed E-state index contributed by atoms with van der Waals surface area (Å²) in [5.41, 5.74) is -0.193. The number of nitro benzene ring substituents is 1. The van der Waals surface area contributed by atoms with Gasteiger partial charge in [0, 0.05) is 19.2 Å². The van der Waals surface area contributed by atoms with Gasteiger partial charge in [0.25, 0.3) is 5.69 Å². The van der Waals surface area contributed by atoms with E-state index in [0.29, 0.717) is 0 Å². The number of amides is 1. The number of hydrogen-bond donors (Lipinski definition) is 1. The Balaban J connectivity index is 3.12. The second kappa shape index (κ2) is 5.13. The van der Waals surface area contributed by atoms with E-state index in [-0.39, 0.29) is 20.9 Å². The van der Waals surface area contributed by atoms with E-state index in [2.05, 4.69) is 21.2 Å². The second-order valence-electron chi connectivity index (χ2n) is 2.64. The molecule has 1 aromatic rings. The summed E-state index contributed by atoms with van der Waals surface area (Å²) in [6.07, 6.45) is -0.712. The number of nitrogens with one attached hydrogen (secondary N) is 1. The van der Waals surface area contributed by atoms with Crippen LogP contribution >= 0.6 is 27.5 Å². The summed E-state index contributed by atoms with van der Waals surface area (Å²) in [5.74, 6) is 0.0339. The quantitative estimate of drug-likeness (QED) is 0.672. The molecule has 0 saturated carbocycles. The molecule has 0 spiro atoms. The summed E-state index contributed by atoms with van der Waals surface area (Å²) in [6.45, 7) is 0. The highest BCUT2D eigenvalue weighted by atomic mass is 79.9. The predicted molar refractivity (Wildman–Crippen MR) is 60.9 cm³/mol. The normalized spacial score (nSPS) is 9.69. The van der Waals surface area contributed by atoms with Gasteiger partial charge in [0.15, 0.2) is 5.75 Å². The van der Waals surface area contributed by atoms with E-state index in [0.717, 1.165) is 6.07 Å². The Morgan fingerprint density at radius 2 is 2.25 bits per heavy atom. The van der Waals surface area contributed by atoms with Crippen molar-refractivity contribution < 1.29 is 14.5 Å². The van der Waals surface area contributed by atoms with E-state index in [1.54, 1.807) is 0 Å². The number of nitro groups is 1. The topological polar surface area (TPSA) is 81.5 Å². The summed E-state index contributed by atoms with van der Waals surface area (Å²) in [5, 5.41) is 12.7. The van der Waals surface area contributed by atoms with E-state index < -0.39 is 11.0 Å². The Morgan fingerprint density at radius 3 is 2.69 bits per heavy atom. The molecule has 0 heterocycles. The minimum absolute atomic E-state index is 0.0234. The first kappa shape index (κ1) is 12.7. The fourth-order valence-corrected chi connectivity index (χ4v) is 1.79.